The molecule has 0 aliphatic heterocycles. The first-order valence-corrected chi connectivity index (χ1v) is 6.31. The van der Waals surface area contributed by atoms with Crippen molar-refractivity contribution in [3.05, 3.63) is 63.9 Å². The van der Waals surface area contributed by atoms with Gasteiger partial charge in [-0.05, 0) is 23.8 Å². The summed E-state index contributed by atoms with van der Waals surface area (Å²) in [5.74, 6) is -0.994. The standard InChI is InChI=1S/C14H10Cl2FNO/c15-10-5-2-1-4-9(10)8-13(19)18-12-7-3-6-11(16)14(12)17/h1-7H,8H2,(H,18,19). The summed E-state index contributed by atoms with van der Waals surface area (Å²) < 4.78 is 13.6. The average molecular weight is 298 g/mol. The number of anilines is 1. The van der Waals surface area contributed by atoms with Crippen LogP contribution in [0.1, 0.15) is 5.56 Å². The highest BCUT2D eigenvalue weighted by Crippen LogP contribution is 2.22. The van der Waals surface area contributed by atoms with Crippen molar-refractivity contribution < 1.29 is 9.18 Å². The topological polar surface area (TPSA) is 29.1 Å². The van der Waals surface area contributed by atoms with Crippen LogP contribution in [0.5, 0.6) is 0 Å². The molecule has 0 aliphatic carbocycles. The fourth-order valence-corrected chi connectivity index (χ4v) is 1.99. The average Bonchev–Trinajstić information content (AvgIpc) is 2.38. The van der Waals surface area contributed by atoms with E-state index in [1.807, 2.05) is 0 Å². The summed E-state index contributed by atoms with van der Waals surface area (Å²) in [6, 6.07) is 11.4. The van der Waals surface area contributed by atoms with E-state index in [-0.39, 0.29) is 23.0 Å². The van der Waals surface area contributed by atoms with Crippen LogP contribution in [0, 0.1) is 5.82 Å². The molecule has 0 radical (unpaired) electrons. The molecule has 0 unspecified atom stereocenters. The molecule has 2 aromatic rings. The van der Waals surface area contributed by atoms with Crippen molar-refractivity contribution in [3.8, 4) is 0 Å². The third-order valence-electron chi connectivity index (χ3n) is 2.53. The van der Waals surface area contributed by atoms with Crippen LogP contribution in [-0.4, -0.2) is 5.91 Å². The molecule has 0 atom stereocenters. The van der Waals surface area contributed by atoms with Crippen molar-refractivity contribution in [1.82, 2.24) is 0 Å². The maximum Gasteiger partial charge on any atom is 0.228 e. The molecule has 2 nitrogen and oxygen atoms in total. The number of hydrogen-bond donors (Lipinski definition) is 1. The highest BCUT2D eigenvalue weighted by Gasteiger charge is 2.11. The van der Waals surface area contributed by atoms with Gasteiger partial charge in [0.15, 0.2) is 5.82 Å². The van der Waals surface area contributed by atoms with E-state index < -0.39 is 5.82 Å². The van der Waals surface area contributed by atoms with Crippen molar-refractivity contribution in [2.24, 2.45) is 0 Å². The summed E-state index contributed by atoms with van der Waals surface area (Å²) in [5, 5.41) is 2.94. The Bertz CT molecular complexity index is 616. The van der Waals surface area contributed by atoms with E-state index >= 15 is 0 Å². The SMILES string of the molecule is O=C(Cc1ccccc1Cl)Nc1cccc(Cl)c1F. The minimum Gasteiger partial charge on any atom is -0.323 e. The van der Waals surface area contributed by atoms with Crippen molar-refractivity contribution in [2.45, 2.75) is 6.42 Å². The highest BCUT2D eigenvalue weighted by atomic mass is 35.5. The third-order valence-corrected chi connectivity index (χ3v) is 3.20. The molecule has 0 spiro atoms. The van der Waals surface area contributed by atoms with Crippen molar-refractivity contribution in [3.63, 3.8) is 0 Å². The summed E-state index contributed by atoms with van der Waals surface area (Å²) in [6.45, 7) is 0. The predicted octanol–water partition coefficient (Wildman–Crippen LogP) is 4.31. The molecule has 0 saturated carbocycles. The Hall–Kier alpha value is -1.58. The van der Waals surface area contributed by atoms with E-state index in [9.17, 15) is 9.18 Å². The molecule has 0 bridgehead atoms. The van der Waals surface area contributed by atoms with Crippen LogP contribution >= 0.6 is 23.2 Å². The van der Waals surface area contributed by atoms with Gasteiger partial charge in [-0.2, -0.15) is 0 Å². The van der Waals surface area contributed by atoms with Crippen LogP contribution in [0.3, 0.4) is 0 Å². The Morgan fingerprint density at radius 2 is 1.74 bits per heavy atom. The number of nitrogens with one attached hydrogen (secondary N) is 1. The van der Waals surface area contributed by atoms with Gasteiger partial charge in [0, 0.05) is 5.02 Å². The zero-order valence-electron chi connectivity index (χ0n) is 9.79. The molecule has 98 valence electrons. The van der Waals surface area contributed by atoms with E-state index in [2.05, 4.69) is 5.32 Å². The van der Waals surface area contributed by atoms with Gasteiger partial charge in [-0.1, -0.05) is 47.5 Å². The molecule has 0 aliphatic rings. The van der Waals surface area contributed by atoms with E-state index in [1.54, 1.807) is 30.3 Å². The number of carbonyl (C=O) groups is 1. The molecule has 19 heavy (non-hydrogen) atoms. The molecular weight excluding hydrogens is 288 g/mol. The second kappa shape index (κ2) is 6.04. The summed E-state index contributed by atoms with van der Waals surface area (Å²) in [5.41, 5.74) is 0.744. The van der Waals surface area contributed by atoms with Gasteiger partial charge in [0.05, 0.1) is 17.1 Å². The maximum atomic E-state index is 13.6. The van der Waals surface area contributed by atoms with E-state index in [1.165, 1.54) is 12.1 Å². The lowest BCUT2D eigenvalue weighted by atomic mass is 10.1. The number of halogens is 3. The van der Waals surface area contributed by atoms with Crippen LogP contribution < -0.4 is 5.32 Å². The first-order chi connectivity index (χ1) is 9.08. The molecule has 0 saturated heterocycles. The monoisotopic (exact) mass is 297 g/mol. The van der Waals surface area contributed by atoms with Crippen molar-refractivity contribution in [2.75, 3.05) is 5.32 Å². The first-order valence-electron chi connectivity index (χ1n) is 5.55. The lowest BCUT2D eigenvalue weighted by Gasteiger charge is -2.08. The van der Waals surface area contributed by atoms with Gasteiger partial charge in [-0.3, -0.25) is 4.79 Å². The van der Waals surface area contributed by atoms with Gasteiger partial charge < -0.3 is 5.32 Å². The van der Waals surface area contributed by atoms with Gasteiger partial charge in [0.1, 0.15) is 0 Å². The largest absolute Gasteiger partial charge is 0.323 e. The first kappa shape index (κ1) is 13.8. The molecular formula is C14H10Cl2FNO. The summed E-state index contributed by atoms with van der Waals surface area (Å²) in [4.78, 5) is 11.8. The molecule has 2 aromatic carbocycles. The quantitative estimate of drug-likeness (QED) is 0.898. The van der Waals surface area contributed by atoms with Crippen LogP contribution in [-0.2, 0) is 11.2 Å². The van der Waals surface area contributed by atoms with Crippen molar-refractivity contribution in [1.29, 1.82) is 0 Å². The zero-order valence-corrected chi connectivity index (χ0v) is 11.3. The minimum atomic E-state index is -0.642. The minimum absolute atomic E-state index is 0.0319. The number of benzene rings is 2. The lowest BCUT2D eigenvalue weighted by molar-refractivity contribution is -0.115. The predicted molar refractivity (Wildman–Crippen MR) is 75.2 cm³/mol. The highest BCUT2D eigenvalue weighted by molar-refractivity contribution is 6.31. The summed E-state index contributed by atoms with van der Waals surface area (Å²) in [7, 11) is 0. The molecule has 2 rings (SSSR count). The fraction of sp³-hybridized carbons (Fsp3) is 0.0714. The van der Waals surface area contributed by atoms with Crippen LogP contribution in [0.25, 0.3) is 0 Å². The van der Waals surface area contributed by atoms with E-state index in [0.717, 1.165) is 0 Å². The zero-order chi connectivity index (χ0) is 13.8. The van der Waals surface area contributed by atoms with Gasteiger partial charge in [0.25, 0.3) is 0 Å². The lowest BCUT2D eigenvalue weighted by Crippen LogP contribution is -2.15. The van der Waals surface area contributed by atoms with Gasteiger partial charge in [-0.25, -0.2) is 4.39 Å². The summed E-state index contributed by atoms with van der Waals surface area (Å²) in [6.07, 6.45) is 0.0750. The Labute approximate surface area is 120 Å². The molecule has 0 aromatic heterocycles. The number of carbonyl (C=O) groups excluding carboxylic acids is 1. The number of hydrogen-bond acceptors (Lipinski definition) is 1. The molecule has 0 heterocycles. The normalized spacial score (nSPS) is 10.3. The second-order valence-corrected chi connectivity index (χ2v) is 4.73. The summed E-state index contributed by atoms with van der Waals surface area (Å²) >= 11 is 11.6. The number of rotatable bonds is 3. The van der Waals surface area contributed by atoms with Crippen LogP contribution in [0.2, 0.25) is 10.0 Å². The Kier molecular flexibility index (Phi) is 4.40. The smallest absolute Gasteiger partial charge is 0.228 e. The van der Waals surface area contributed by atoms with Crippen molar-refractivity contribution >= 4 is 34.8 Å². The molecule has 1 N–H and O–H groups in total. The van der Waals surface area contributed by atoms with E-state index in [0.29, 0.717) is 10.6 Å². The van der Waals surface area contributed by atoms with Gasteiger partial charge in [0.2, 0.25) is 5.91 Å². The third kappa shape index (κ3) is 3.46. The van der Waals surface area contributed by atoms with Crippen LogP contribution in [0.4, 0.5) is 10.1 Å². The molecule has 5 heteroatoms. The second-order valence-electron chi connectivity index (χ2n) is 3.92. The van der Waals surface area contributed by atoms with Crippen LogP contribution in [0.15, 0.2) is 42.5 Å². The fourth-order valence-electron chi connectivity index (χ4n) is 1.61. The van der Waals surface area contributed by atoms with Gasteiger partial charge >= 0.3 is 0 Å². The molecule has 0 fully saturated rings. The van der Waals surface area contributed by atoms with Gasteiger partial charge in [-0.15, -0.1) is 0 Å². The molecule has 1 amide bonds. The Morgan fingerprint density at radius 1 is 1.05 bits per heavy atom. The maximum absolute atomic E-state index is 13.6. The Balaban J connectivity index is 2.10. The number of amides is 1. The van der Waals surface area contributed by atoms with E-state index in [4.69, 9.17) is 23.2 Å². The Morgan fingerprint density at radius 3 is 2.47 bits per heavy atom.